The highest BCUT2D eigenvalue weighted by atomic mass is 19.4. The summed E-state index contributed by atoms with van der Waals surface area (Å²) in [6.07, 6.45) is 0. The third-order valence-electron chi connectivity index (χ3n) is 3.73. The second-order valence-electron chi connectivity index (χ2n) is 5.26. The summed E-state index contributed by atoms with van der Waals surface area (Å²) in [5.74, 6) is -50.5. The molecular formula is C10H5F15. The zero-order valence-corrected chi connectivity index (χ0v) is 11.2. The van der Waals surface area contributed by atoms with Gasteiger partial charge in [0, 0.05) is 0 Å². The maximum atomic E-state index is 13.6. The maximum absolute atomic E-state index is 13.6. The second kappa shape index (κ2) is 5.24. The first-order valence-corrected chi connectivity index (χ1v) is 5.81. The molecule has 0 aromatic rings. The molecule has 1 rings (SSSR count). The monoisotopic (exact) mass is 410 g/mol. The molecule has 25 heavy (non-hydrogen) atoms. The molecule has 0 N–H and O–H groups in total. The van der Waals surface area contributed by atoms with Crippen molar-refractivity contribution in [3.63, 3.8) is 0 Å². The van der Waals surface area contributed by atoms with E-state index in [0.717, 1.165) is 0 Å². The van der Waals surface area contributed by atoms with Crippen LogP contribution in [-0.4, -0.2) is 54.6 Å². The Morgan fingerprint density at radius 2 is 0.840 bits per heavy atom. The molecule has 15 heteroatoms. The highest BCUT2D eigenvalue weighted by Crippen LogP contribution is 2.70. The molecule has 0 amide bonds. The molecule has 0 nitrogen and oxygen atoms in total. The van der Waals surface area contributed by atoms with E-state index in [9.17, 15) is 65.9 Å². The summed E-state index contributed by atoms with van der Waals surface area (Å²) in [7, 11) is 0. The van der Waals surface area contributed by atoms with Crippen LogP contribution in [0.25, 0.3) is 0 Å². The molecule has 0 spiro atoms. The standard InChI is InChI=1S/C10H5F15/c11-1-4(13,2-12)5(14,15)3-6(16,17)8(20,21)10(24,25)9(22,23)7(3,18)19/h3H,1-2H2. The highest BCUT2D eigenvalue weighted by Gasteiger charge is 2.99. The Hall–Kier alpha value is -1.05. The predicted octanol–water partition coefficient (Wildman–Crippen LogP) is 5.08. The van der Waals surface area contributed by atoms with Gasteiger partial charge >= 0.3 is 35.5 Å². The van der Waals surface area contributed by atoms with Gasteiger partial charge in [-0.1, -0.05) is 0 Å². The first-order valence-electron chi connectivity index (χ1n) is 5.81. The summed E-state index contributed by atoms with van der Waals surface area (Å²) in [4.78, 5) is 0. The van der Waals surface area contributed by atoms with E-state index in [1.807, 2.05) is 0 Å². The number of rotatable bonds is 4. The number of hydrogen-bond acceptors (Lipinski definition) is 0. The van der Waals surface area contributed by atoms with Gasteiger partial charge in [-0.15, -0.1) is 0 Å². The van der Waals surface area contributed by atoms with Gasteiger partial charge in [-0.05, 0) is 0 Å². The van der Waals surface area contributed by atoms with Crippen LogP contribution in [-0.2, 0) is 0 Å². The maximum Gasteiger partial charge on any atom is 0.384 e. The van der Waals surface area contributed by atoms with E-state index in [4.69, 9.17) is 0 Å². The molecule has 0 saturated heterocycles. The lowest BCUT2D eigenvalue weighted by Gasteiger charge is -2.52. The van der Waals surface area contributed by atoms with E-state index in [1.165, 1.54) is 0 Å². The number of alkyl halides is 15. The van der Waals surface area contributed by atoms with Crippen LogP contribution in [0.15, 0.2) is 0 Å². The van der Waals surface area contributed by atoms with Crippen molar-refractivity contribution in [3.05, 3.63) is 0 Å². The average molecular weight is 410 g/mol. The van der Waals surface area contributed by atoms with Crippen molar-refractivity contribution < 1.29 is 65.9 Å². The third-order valence-corrected chi connectivity index (χ3v) is 3.73. The first kappa shape index (κ1) is 22.0. The van der Waals surface area contributed by atoms with Gasteiger partial charge in [0.2, 0.25) is 5.67 Å². The predicted molar refractivity (Wildman–Crippen MR) is 49.0 cm³/mol. The Bertz CT molecular complexity index is 475. The van der Waals surface area contributed by atoms with E-state index < -0.39 is 60.5 Å². The van der Waals surface area contributed by atoms with Crippen LogP contribution in [0.4, 0.5) is 65.9 Å². The molecule has 0 heterocycles. The van der Waals surface area contributed by atoms with Gasteiger partial charge in [0.1, 0.15) is 13.3 Å². The molecule has 1 aliphatic rings. The summed E-state index contributed by atoms with van der Waals surface area (Å²) in [6, 6.07) is 0. The Morgan fingerprint density at radius 3 is 1.08 bits per heavy atom. The van der Waals surface area contributed by atoms with Crippen molar-refractivity contribution in [2.75, 3.05) is 13.3 Å². The molecule has 0 aromatic heterocycles. The van der Waals surface area contributed by atoms with Crippen molar-refractivity contribution in [3.8, 4) is 0 Å². The van der Waals surface area contributed by atoms with Gasteiger partial charge < -0.3 is 0 Å². The molecular weight excluding hydrogens is 405 g/mol. The molecule has 0 aromatic carbocycles. The zero-order chi connectivity index (χ0) is 20.5. The summed E-state index contributed by atoms with van der Waals surface area (Å²) < 4.78 is 196. The van der Waals surface area contributed by atoms with Crippen molar-refractivity contribution >= 4 is 0 Å². The Balaban J connectivity index is 3.86. The van der Waals surface area contributed by atoms with Gasteiger partial charge in [0.05, 0.1) is 0 Å². The lowest BCUT2D eigenvalue weighted by atomic mass is 9.68. The fourth-order valence-corrected chi connectivity index (χ4v) is 2.13. The topological polar surface area (TPSA) is 0 Å². The quantitative estimate of drug-likeness (QED) is 0.568. The smallest absolute Gasteiger partial charge is 0.247 e. The van der Waals surface area contributed by atoms with Crippen LogP contribution in [0.2, 0.25) is 0 Å². The summed E-state index contributed by atoms with van der Waals surface area (Å²) in [5.41, 5.74) is -5.68. The molecule has 0 unspecified atom stereocenters. The zero-order valence-electron chi connectivity index (χ0n) is 11.2. The molecule has 0 atom stereocenters. The number of halogens is 15. The van der Waals surface area contributed by atoms with Crippen LogP contribution in [0, 0.1) is 5.92 Å². The first-order chi connectivity index (χ1) is 10.7. The van der Waals surface area contributed by atoms with E-state index in [0.29, 0.717) is 0 Å². The normalized spacial score (nSPS) is 28.0. The van der Waals surface area contributed by atoms with E-state index >= 15 is 0 Å². The van der Waals surface area contributed by atoms with Gasteiger partial charge in [-0.2, -0.15) is 43.9 Å². The minimum Gasteiger partial charge on any atom is -0.247 e. The van der Waals surface area contributed by atoms with Crippen LogP contribution in [0.5, 0.6) is 0 Å². The molecule has 0 bridgehead atoms. The molecule has 0 aliphatic heterocycles. The number of hydrogen-bond donors (Lipinski definition) is 0. The summed E-state index contributed by atoms with van der Waals surface area (Å²) in [5, 5.41) is 0. The lowest BCUT2D eigenvalue weighted by Crippen LogP contribution is -2.81. The van der Waals surface area contributed by atoms with E-state index in [1.54, 1.807) is 0 Å². The van der Waals surface area contributed by atoms with Gasteiger partial charge in [-0.3, -0.25) is 0 Å². The largest absolute Gasteiger partial charge is 0.384 e. The SMILES string of the molecule is FCC(F)(CF)C(F)(F)C1C(F)(F)C(F)(F)C(F)(F)C(F)(F)C1(F)F. The van der Waals surface area contributed by atoms with Gasteiger partial charge in [0.25, 0.3) is 0 Å². The Kier molecular flexibility index (Phi) is 4.61. The minimum atomic E-state index is -7.55. The van der Waals surface area contributed by atoms with E-state index in [2.05, 4.69) is 0 Å². The van der Waals surface area contributed by atoms with Gasteiger partial charge in [-0.25, -0.2) is 22.0 Å². The average Bonchev–Trinajstić information content (AvgIpc) is 2.43. The Labute approximate surface area is 128 Å². The summed E-state index contributed by atoms with van der Waals surface area (Å²) in [6.45, 7) is -6.76. The van der Waals surface area contributed by atoms with Crippen LogP contribution in [0.3, 0.4) is 0 Å². The fraction of sp³-hybridized carbons (Fsp3) is 1.00. The fourth-order valence-electron chi connectivity index (χ4n) is 2.13. The Morgan fingerprint density at radius 1 is 0.560 bits per heavy atom. The van der Waals surface area contributed by atoms with Crippen LogP contribution >= 0.6 is 0 Å². The van der Waals surface area contributed by atoms with Crippen molar-refractivity contribution in [2.45, 2.75) is 41.2 Å². The van der Waals surface area contributed by atoms with Gasteiger partial charge in [0.15, 0.2) is 5.92 Å². The second-order valence-corrected chi connectivity index (χ2v) is 5.26. The highest BCUT2D eigenvalue weighted by molar-refractivity contribution is 5.23. The minimum absolute atomic E-state index is 3.38. The third kappa shape index (κ3) is 2.18. The molecule has 150 valence electrons. The molecule has 1 aliphatic carbocycles. The van der Waals surface area contributed by atoms with Crippen LogP contribution in [0.1, 0.15) is 0 Å². The lowest BCUT2D eigenvalue weighted by molar-refractivity contribution is -0.485. The summed E-state index contributed by atoms with van der Waals surface area (Å²) >= 11 is 0. The van der Waals surface area contributed by atoms with Crippen molar-refractivity contribution in [2.24, 2.45) is 5.92 Å². The van der Waals surface area contributed by atoms with Crippen LogP contribution < -0.4 is 0 Å². The van der Waals surface area contributed by atoms with Crippen molar-refractivity contribution in [1.29, 1.82) is 0 Å². The molecule has 1 fully saturated rings. The molecule has 0 radical (unpaired) electrons. The van der Waals surface area contributed by atoms with Crippen molar-refractivity contribution in [1.82, 2.24) is 0 Å². The van der Waals surface area contributed by atoms with E-state index in [-0.39, 0.29) is 0 Å². The molecule has 1 saturated carbocycles.